The Balaban J connectivity index is 1.95. The molecule has 1 N–H and O–H groups in total. The maximum atomic E-state index is 6.03. The van der Waals surface area contributed by atoms with Crippen molar-refractivity contribution in [2.45, 2.75) is 71.1 Å². The first-order valence-corrected chi connectivity index (χ1v) is 8.51. The van der Waals surface area contributed by atoms with Gasteiger partial charge in [-0.1, -0.05) is 13.3 Å². The molecule has 4 atom stereocenters. The molecule has 118 valence electrons. The van der Waals surface area contributed by atoms with E-state index in [4.69, 9.17) is 4.74 Å². The van der Waals surface area contributed by atoms with E-state index in [2.05, 4.69) is 45.0 Å². The van der Waals surface area contributed by atoms with Crippen LogP contribution in [0.15, 0.2) is 0 Å². The highest BCUT2D eigenvalue weighted by Crippen LogP contribution is 2.33. The Labute approximate surface area is 125 Å². The zero-order valence-electron chi connectivity index (χ0n) is 14.1. The summed E-state index contributed by atoms with van der Waals surface area (Å²) in [6.45, 7) is 12.4. The number of ether oxygens (including phenoxy) is 1. The minimum atomic E-state index is 0.00559. The molecule has 0 aromatic rings. The summed E-state index contributed by atoms with van der Waals surface area (Å²) in [5.74, 6) is 1.75. The summed E-state index contributed by atoms with van der Waals surface area (Å²) >= 11 is 0. The van der Waals surface area contributed by atoms with E-state index in [-0.39, 0.29) is 5.60 Å². The molecule has 0 spiro atoms. The van der Waals surface area contributed by atoms with Gasteiger partial charge in [-0.25, -0.2) is 0 Å². The molecule has 1 saturated heterocycles. The van der Waals surface area contributed by atoms with Crippen molar-refractivity contribution >= 4 is 0 Å². The predicted octanol–water partition coefficient (Wildman–Crippen LogP) is 2.90. The quantitative estimate of drug-likeness (QED) is 0.858. The van der Waals surface area contributed by atoms with Crippen molar-refractivity contribution in [2.75, 3.05) is 26.7 Å². The van der Waals surface area contributed by atoms with Crippen molar-refractivity contribution in [3.8, 4) is 0 Å². The molecule has 0 aromatic heterocycles. The molecule has 3 nitrogen and oxygen atoms in total. The molecule has 1 heterocycles. The molecule has 0 amide bonds. The Morgan fingerprint density at radius 1 is 1.30 bits per heavy atom. The van der Waals surface area contributed by atoms with Crippen LogP contribution in [0.3, 0.4) is 0 Å². The maximum absolute atomic E-state index is 6.03. The minimum absolute atomic E-state index is 0.00559. The van der Waals surface area contributed by atoms with Gasteiger partial charge < -0.3 is 10.1 Å². The van der Waals surface area contributed by atoms with E-state index < -0.39 is 0 Å². The maximum Gasteiger partial charge on any atom is 0.0757 e. The van der Waals surface area contributed by atoms with Crippen molar-refractivity contribution in [3.05, 3.63) is 0 Å². The van der Waals surface area contributed by atoms with Gasteiger partial charge in [-0.2, -0.15) is 0 Å². The molecule has 3 heteroatoms. The summed E-state index contributed by atoms with van der Waals surface area (Å²) in [7, 11) is 2.13. The Hall–Kier alpha value is -0.120. The largest absolute Gasteiger partial charge is 0.370 e. The van der Waals surface area contributed by atoms with E-state index in [1.165, 1.54) is 32.2 Å². The molecule has 2 rings (SSSR count). The normalized spacial score (nSPS) is 38.9. The molecule has 20 heavy (non-hydrogen) atoms. The van der Waals surface area contributed by atoms with Crippen LogP contribution in [0.1, 0.15) is 53.4 Å². The van der Waals surface area contributed by atoms with Gasteiger partial charge in [-0.15, -0.1) is 0 Å². The van der Waals surface area contributed by atoms with E-state index in [0.717, 1.165) is 24.9 Å². The number of hydrogen-bond acceptors (Lipinski definition) is 3. The fourth-order valence-corrected chi connectivity index (χ4v) is 4.37. The molecule has 4 unspecified atom stereocenters. The van der Waals surface area contributed by atoms with E-state index in [0.29, 0.717) is 12.1 Å². The second kappa shape index (κ2) is 6.76. The van der Waals surface area contributed by atoms with Crippen molar-refractivity contribution < 1.29 is 4.74 Å². The SMILES string of the molecule is CCC1CCC(NC)C(CN2CC(C)OC(C)(C)C2)C1. The van der Waals surface area contributed by atoms with Crippen LogP contribution >= 0.6 is 0 Å². The standard InChI is InChI=1S/C17H34N2O/c1-6-14-7-8-16(18-5)15(9-14)11-19-10-13(2)20-17(3,4)12-19/h13-16,18H,6-12H2,1-5H3. The number of nitrogens with one attached hydrogen (secondary N) is 1. The Morgan fingerprint density at radius 3 is 2.65 bits per heavy atom. The summed E-state index contributed by atoms with van der Waals surface area (Å²) in [6, 6.07) is 0.707. The first kappa shape index (κ1) is 16.3. The van der Waals surface area contributed by atoms with Gasteiger partial charge in [0, 0.05) is 25.7 Å². The summed E-state index contributed by atoms with van der Waals surface area (Å²) < 4.78 is 6.03. The lowest BCUT2D eigenvalue weighted by Gasteiger charge is -2.45. The first-order chi connectivity index (χ1) is 9.43. The zero-order valence-corrected chi connectivity index (χ0v) is 14.1. The van der Waals surface area contributed by atoms with Crippen LogP contribution in [0.25, 0.3) is 0 Å². The molecule has 2 aliphatic rings. The molecule has 2 fully saturated rings. The van der Waals surface area contributed by atoms with Gasteiger partial charge in [-0.05, 0) is 58.9 Å². The second-order valence-corrected chi connectivity index (χ2v) is 7.62. The van der Waals surface area contributed by atoms with Crippen molar-refractivity contribution in [3.63, 3.8) is 0 Å². The fraction of sp³-hybridized carbons (Fsp3) is 1.00. The second-order valence-electron chi connectivity index (χ2n) is 7.62. The van der Waals surface area contributed by atoms with Gasteiger partial charge in [0.25, 0.3) is 0 Å². The first-order valence-electron chi connectivity index (χ1n) is 8.51. The lowest BCUT2D eigenvalue weighted by atomic mass is 9.76. The van der Waals surface area contributed by atoms with Crippen LogP contribution < -0.4 is 5.32 Å². The number of nitrogens with zero attached hydrogens (tertiary/aromatic N) is 1. The highest BCUT2D eigenvalue weighted by atomic mass is 16.5. The molecule has 1 aliphatic carbocycles. The van der Waals surface area contributed by atoms with E-state index in [1.54, 1.807) is 0 Å². The van der Waals surface area contributed by atoms with E-state index >= 15 is 0 Å². The van der Waals surface area contributed by atoms with Crippen molar-refractivity contribution in [2.24, 2.45) is 11.8 Å². The predicted molar refractivity (Wildman–Crippen MR) is 85.0 cm³/mol. The smallest absolute Gasteiger partial charge is 0.0757 e. The van der Waals surface area contributed by atoms with Crippen LogP contribution in [0, 0.1) is 11.8 Å². The molecule has 0 aromatic carbocycles. The third-order valence-corrected chi connectivity index (χ3v) is 5.17. The van der Waals surface area contributed by atoms with Crippen LogP contribution in [-0.2, 0) is 4.74 Å². The van der Waals surface area contributed by atoms with Crippen molar-refractivity contribution in [1.29, 1.82) is 0 Å². The van der Waals surface area contributed by atoms with Crippen LogP contribution in [0.5, 0.6) is 0 Å². The molecular formula is C17H34N2O. The highest BCUT2D eigenvalue weighted by molar-refractivity contribution is 4.89. The lowest BCUT2D eigenvalue weighted by Crippen LogP contribution is -2.55. The molecular weight excluding hydrogens is 248 g/mol. The van der Waals surface area contributed by atoms with Gasteiger partial charge in [0.15, 0.2) is 0 Å². The number of morpholine rings is 1. The average molecular weight is 282 g/mol. The van der Waals surface area contributed by atoms with Gasteiger partial charge >= 0.3 is 0 Å². The van der Waals surface area contributed by atoms with Crippen LogP contribution in [0.2, 0.25) is 0 Å². The lowest BCUT2D eigenvalue weighted by molar-refractivity contribution is -0.132. The van der Waals surface area contributed by atoms with Gasteiger partial charge in [0.1, 0.15) is 0 Å². The van der Waals surface area contributed by atoms with Crippen LogP contribution in [0.4, 0.5) is 0 Å². The van der Waals surface area contributed by atoms with Crippen molar-refractivity contribution in [1.82, 2.24) is 10.2 Å². The monoisotopic (exact) mass is 282 g/mol. The molecule has 1 saturated carbocycles. The number of rotatable bonds is 4. The summed E-state index contributed by atoms with van der Waals surface area (Å²) in [6.07, 6.45) is 5.86. The molecule has 0 radical (unpaired) electrons. The third-order valence-electron chi connectivity index (χ3n) is 5.17. The van der Waals surface area contributed by atoms with Gasteiger partial charge in [0.05, 0.1) is 11.7 Å². The van der Waals surface area contributed by atoms with Gasteiger partial charge in [0.2, 0.25) is 0 Å². The molecule has 0 bridgehead atoms. The Morgan fingerprint density at radius 2 is 2.05 bits per heavy atom. The Kier molecular flexibility index (Phi) is 5.49. The summed E-state index contributed by atoms with van der Waals surface area (Å²) in [4.78, 5) is 2.64. The summed E-state index contributed by atoms with van der Waals surface area (Å²) in [5, 5.41) is 3.56. The number of hydrogen-bond donors (Lipinski definition) is 1. The van der Waals surface area contributed by atoms with E-state index in [1.807, 2.05) is 0 Å². The fourth-order valence-electron chi connectivity index (χ4n) is 4.37. The molecule has 1 aliphatic heterocycles. The van der Waals surface area contributed by atoms with Crippen LogP contribution in [-0.4, -0.2) is 49.3 Å². The minimum Gasteiger partial charge on any atom is -0.370 e. The topological polar surface area (TPSA) is 24.5 Å². The third kappa shape index (κ3) is 4.19. The zero-order chi connectivity index (χ0) is 14.8. The average Bonchev–Trinajstić information content (AvgIpc) is 2.36. The summed E-state index contributed by atoms with van der Waals surface area (Å²) in [5.41, 5.74) is 0.00559. The van der Waals surface area contributed by atoms with E-state index in [9.17, 15) is 0 Å². The Bertz CT molecular complexity index is 305. The highest BCUT2D eigenvalue weighted by Gasteiger charge is 2.35. The van der Waals surface area contributed by atoms with Gasteiger partial charge in [-0.3, -0.25) is 4.90 Å².